The molecule has 1 aromatic heterocycles. The number of aryl methyl sites for hydroxylation is 1. The Bertz CT molecular complexity index is 860. The summed E-state index contributed by atoms with van der Waals surface area (Å²) >= 11 is 0. The van der Waals surface area contributed by atoms with Crippen molar-refractivity contribution >= 4 is 17.5 Å². The third kappa shape index (κ3) is 3.84. The summed E-state index contributed by atoms with van der Waals surface area (Å²) in [5.74, 6) is -1.61. The highest BCUT2D eigenvalue weighted by molar-refractivity contribution is 5.90. The molecule has 132 valence electrons. The molecule has 0 spiro atoms. The summed E-state index contributed by atoms with van der Waals surface area (Å²) < 4.78 is 28.1. The lowest BCUT2D eigenvalue weighted by atomic mass is 10.3. The second kappa shape index (κ2) is 7.00. The lowest BCUT2D eigenvalue weighted by Gasteiger charge is -2.21. The minimum atomic E-state index is -0.746. The van der Waals surface area contributed by atoms with Crippen LogP contribution in [-0.2, 0) is 11.3 Å². The van der Waals surface area contributed by atoms with E-state index in [4.69, 9.17) is 0 Å². The van der Waals surface area contributed by atoms with Gasteiger partial charge in [0, 0.05) is 30.9 Å². The van der Waals surface area contributed by atoms with Crippen LogP contribution in [0, 0.1) is 18.6 Å². The van der Waals surface area contributed by atoms with Crippen LogP contribution in [0.15, 0.2) is 29.1 Å². The number of hydrogen-bond donors (Lipinski definition) is 1. The van der Waals surface area contributed by atoms with E-state index >= 15 is 0 Å². The van der Waals surface area contributed by atoms with Crippen LogP contribution in [0.5, 0.6) is 0 Å². The molecule has 2 heterocycles. The lowest BCUT2D eigenvalue weighted by molar-refractivity contribution is -0.116. The fourth-order valence-corrected chi connectivity index (χ4v) is 2.84. The maximum Gasteiger partial charge on any atom is 0.255 e. The fourth-order valence-electron chi connectivity index (χ4n) is 2.84. The number of aromatic nitrogens is 2. The van der Waals surface area contributed by atoms with E-state index in [1.54, 1.807) is 6.92 Å². The predicted octanol–water partition coefficient (Wildman–Crippen LogP) is 2.07. The van der Waals surface area contributed by atoms with E-state index in [1.165, 1.54) is 10.6 Å². The molecule has 0 atom stereocenters. The van der Waals surface area contributed by atoms with E-state index in [0.717, 1.165) is 44.1 Å². The molecular formula is C17H18F2N4O2. The summed E-state index contributed by atoms with van der Waals surface area (Å²) in [6.07, 6.45) is 1.98. The summed E-state index contributed by atoms with van der Waals surface area (Å²) in [4.78, 5) is 30.9. The normalized spacial score (nSPS) is 14.0. The van der Waals surface area contributed by atoms with Crippen LogP contribution in [0.25, 0.3) is 0 Å². The largest absolute Gasteiger partial charge is 0.342 e. The van der Waals surface area contributed by atoms with Crippen LogP contribution in [0.3, 0.4) is 0 Å². The Morgan fingerprint density at radius 2 is 1.96 bits per heavy atom. The number of nitrogens with zero attached hydrogens (tertiary/aromatic N) is 3. The van der Waals surface area contributed by atoms with Crippen molar-refractivity contribution in [3.05, 3.63) is 51.9 Å². The van der Waals surface area contributed by atoms with E-state index in [0.29, 0.717) is 11.6 Å². The lowest BCUT2D eigenvalue weighted by Crippen LogP contribution is -2.34. The first-order valence-corrected chi connectivity index (χ1v) is 8.02. The topological polar surface area (TPSA) is 67.2 Å². The van der Waals surface area contributed by atoms with Crippen molar-refractivity contribution in [3.63, 3.8) is 0 Å². The number of anilines is 2. The van der Waals surface area contributed by atoms with Crippen LogP contribution < -0.4 is 15.8 Å². The Balaban J connectivity index is 1.85. The quantitative estimate of drug-likeness (QED) is 0.919. The maximum atomic E-state index is 13.7. The van der Waals surface area contributed by atoms with Gasteiger partial charge >= 0.3 is 0 Å². The third-order valence-electron chi connectivity index (χ3n) is 4.01. The number of nitrogens with one attached hydrogen (secondary N) is 1. The summed E-state index contributed by atoms with van der Waals surface area (Å²) in [6.45, 7) is 2.91. The first-order valence-electron chi connectivity index (χ1n) is 8.02. The van der Waals surface area contributed by atoms with Gasteiger partial charge in [0.1, 0.15) is 18.2 Å². The molecule has 0 aliphatic carbocycles. The number of amides is 1. The molecule has 1 N–H and O–H groups in total. The first-order chi connectivity index (χ1) is 11.9. The molecule has 1 aromatic carbocycles. The molecule has 1 aliphatic heterocycles. The highest BCUT2D eigenvalue weighted by Crippen LogP contribution is 2.18. The van der Waals surface area contributed by atoms with Crippen molar-refractivity contribution < 1.29 is 13.6 Å². The number of carbonyl (C=O) groups is 1. The van der Waals surface area contributed by atoms with Gasteiger partial charge in [-0.05, 0) is 31.9 Å². The molecule has 0 saturated carbocycles. The van der Waals surface area contributed by atoms with Gasteiger partial charge in [-0.3, -0.25) is 14.2 Å². The van der Waals surface area contributed by atoms with Crippen LogP contribution in [-0.4, -0.2) is 28.5 Å². The molecule has 0 bridgehead atoms. The summed E-state index contributed by atoms with van der Waals surface area (Å²) in [5, 5.41) is 2.30. The van der Waals surface area contributed by atoms with Gasteiger partial charge in [0.25, 0.3) is 5.56 Å². The molecular weight excluding hydrogens is 330 g/mol. The monoisotopic (exact) mass is 348 g/mol. The zero-order chi connectivity index (χ0) is 18.0. The van der Waals surface area contributed by atoms with Gasteiger partial charge in [-0.15, -0.1) is 0 Å². The van der Waals surface area contributed by atoms with E-state index in [2.05, 4.69) is 10.3 Å². The Labute approximate surface area is 143 Å². The van der Waals surface area contributed by atoms with Gasteiger partial charge < -0.3 is 10.2 Å². The van der Waals surface area contributed by atoms with Crippen LogP contribution in [0.2, 0.25) is 0 Å². The average molecular weight is 348 g/mol. The molecule has 0 radical (unpaired) electrons. The molecule has 25 heavy (non-hydrogen) atoms. The van der Waals surface area contributed by atoms with Crippen molar-refractivity contribution in [2.45, 2.75) is 26.3 Å². The zero-order valence-electron chi connectivity index (χ0n) is 13.8. The number of hydrogen-bond acceptors (Lipinski definition) is 4. The smallest absolute Gasteiger partial charge is 0.255 e. The Hall–Kier alpha value is -2.77. The van der Waals surface area contributed by atoms with Gasteiger partial charge in [0.15, 0.2) is 0 Å². The van der Waals surface area contributed by atoms with Crippen molar-refractivity contribution in [1.29, 1.82) is 0 Å². The number of rotatable bonds is 4. The first kappa shape index (κ1) is 17.1. The zero-order valence-corrected chi connectivity index (χ0v) is 13.8. The maximum absolute atomic E-state index is 13.7. The molecule has 0 unspecified atom stereocenters. The second-order valence-corrected chi connectivity index (χ2v) is 5.99. The van der Waals surface area contributed by atoms with Gasteiger partial charge in [-0.1, -0.05) is 0 Å². The molecule has 6 nitrogen and oxygen atoms in total. The second-order valence-electron chi connectivity index (χ2n) is 5.99. The SMILES string of the molecule is Cc1cc(=O)n(CC(=O)Nc2cc(F)ccc2F)c(N2CCCC2)n1. The van der Waals surface area contributed by atoms with Gasteiger partial charge in [0.05, 0.1) is 5.69 Å². The standard InChI is InChI=1S/C17H18F2N4O2/c1-11-8-16(25)23(17(20-11)22-6-2-3-7-22)10-15(24)21-14-9-12(18)4-5-13(14)19/h4-5,8-9H,2-3,6-7,10H2,1H3,(H,21,24). The highest BCUT2D eigenvalue weighted by atomic mass is 19.1. The highest BCUT2D eigenvalue weighted by Gasteiger charge is 2.20. The van der Waals surface area contributed by atoms with Gasteiger partial charge in [0.2, 0.25) is 11.9 Å². The van der Waals surface area contributed by atoms with Crippen LogP contribution in [0.4, 0.5) is 20.4 Å². The average Bonchev–Trinajstić information content (AvgIpc) is 3.07. The van der Waals surface area contributed by atoms with E-state index in [9.17, 15) is 18.4 Å². The van der Waals surface area contributed by atoms with Crippen molar-refractivity contribution in [2.75, 3.05) is 23.3 Å². The molecule has 1 fully saturated rings. The Kier molecular flexibility index (Phi) is 4.78. The summed E-state index contributed by atoms with van der Waals surface area (Å²) in [5.41, 5.74) is -0.0511. The minimum absolute atomic E-state index is 0.263. The predicted molar refractivity (Wildman–Crippen MR) is 89.7 cm³/mol. The Morgan fingerprint density at radius 3 is 2.68 bits per heavy atom. The molecule has 1 amide bonds. The Morgan fingerprint density at radius 1 is 1.24 bits per heavy atom. The van der Waals surface area contributed by atoms with Crippen LogP contribution >= 0.6 is 0 Å². The van der Waals surface area contributed by atoms with E-state index in [1.807, 2.05) is 4.90 Å². The molecule has 8 heteroatoms. The number of carbonyl (C=O) groups excluding carboxylic acids is 1. The van der Waals surface area contributed by atoms with Gasteiger partial charge in [-0.25, -0.2) is 13.8 Å². The minimum Gasteiger partial charge on any atom is -0.342 e. The van der Waals surface area contributed by atoms with Gasteiger partial charge in [-0.2, -0.15) is 0 Å². The van der Waals surface area contributed by atoms with E-state index in [-0.39, 0.29) is 17.8 Å². The number of halogens is 2. The summed E-state index contributed by atoms with van der Waals surface area (Å²) in [6, 6.07) is 4.13. The van der Waals surface area contributed by atoms with Crippen molar-refractivity contribution in [3.8, 4) is 0 Å². The summed E-state index contributed by atoms with van der Waals surface area (Å²) in [7, 11) is 0. The molecule has 1 aliphatic rings. The van der Waals surface area contributed by atoms with Crippen LogP contribution in [0.1, 0.15) is 18.5 Å². The molecule has 3 rings (SSSR count). The van der Waals surface area contributed by atoms with Crippen molar-refractivity contribution in [2.24, 2.45) is 0 Å². The molecule has 2 aromatic rings. The van der Waals surface area contributed by atoms with E-state index < -0.39 is 17.5 Å². The number of benzene rings is 1. The van der Waals surface area contributed by atoms with Crippen molar-refractivity contribution in [1.82, 2.24) is 9.55 Å². The third-order valence-corrected chi connectivity index (χ3v) is 4.01. The molecule has 1 saturated heterocycles. The fraction of sp³-hybridized carbons (Fsp3) is 0.353.